The van der Waals surface area contributed by atoms with Gasteiger partial charge in [-0.05, 0) is 18.6 Å². The zero-order valence-electron chi connectivity index (χ0n) is 8.64. The fourth-order valence-electron chi connectivity index (χ4n) is 1.17. The van der Waals surface area contributed by atoms with Crippen LogP contribution in [0.5, 0.6) is 5.75 Å². The van der Waals surface area contributed by atoms with Crippen LogP contribution in [0.25, 0.3) is 0 Å². The molecule has 0 aliphatic heterocycles. The van der Waals surface area contributed by atoms with Crippen molar-refractivity contribution in [2.45, 2.75) is 12.8 Å². The van der Waals surface area contributed by atoms with Gasteiger partial charge in [-0.15, -0.1) is 0 Å². The second-order valence-electron chi connectivity index (χ2n) is 3.16. The summed E-state index contributed by atoms with van der Waals surface area (Å²) in [6.45, 7) is 0.416. The van der Waals surface area contributed by atoms with Gasteiger partial charge in [-0.1, -0.05) is 0 Å². The number of nitrogens with two attached hydrogens (primary N) is 1. The SMILES string of the molecule is N#CCCCOc1ccc(C(=O)O)c(N)c1. The highest BCUT2D eigenvalue weighted by molar-refractivity contribution is 5.93. The molecule has 84 valence electrons. The molecule has 0 aromatic heterocycles. The van der Waals surface area contributed by atoms with Crippen molar-refractivity contribution in [2.24, 2.45) is 0 Å². The smallest absolute Gasteiger partial charge is 0.337 e. The van der Waals surface area contributed by atoms with Crippen molar-refractivity contribution in [2.75, 3.05) is 12.3 Å². The van der Waals surface area contributed by atoms with Gasteiger partial charge in [-0.25, -0.2) is 4.79 Å². The van der Waals surface area contributed by atoms with Gasteiger partial charge < -0.3 is 15.6 Å². The van der Waals surface area contributed by atoms with Gasteiger partial charge in [-0.3, -0.25) is 0 Å². The van der Waals surface area contributed by atoms with Crippen molar-refractivity contribution in [3.05, 3.63) is 23.8 Å². The first-order chi connectivity index (χ1) is 7.65. The van der Waals surface area contributed by atoms with Crippen LogP contribution in [0.15, 0.2) is 18.2 Å². The number of carboxylic acid groups (broad SMARTS) is 1. The lowest BCUT2D eigenvalue weighted by Crippen LogP contribution is -2.03. The predicted octanol–water partition coefficient (Wildman–Crippen LogP) is 1.65. The second-order valence-corrected chi connectivity index (χ2v) is 3.16. The second kappa shape index (κ2) is 5.61. The maximum atomic E-state index is 10.7. The quantitative estimate of drug-likeness (QED) is 0.581. The van der Waals surface area contributed by atoms with Crippen molar-refractivity contribution >= 4 is 11.7 Å². The number of ether oxygens (including phenoxy) is 1. The van der Waals surface area contributed by atoms with Crippen molar-refractivity contribution in [1.82, 2.24) is 0 Å². The van der Waals surface area contributed by atoms with Crippen LogP contribution in [0.3, 0.4) is 0 Å². The molecule has 3 N–H and O–H groups in total. The van der Waals surface area contributed by atoms with E-state index in [1.165, 1.54) is 12.1 Å². The van der Waals surface area contributed by atoms with Crippen LogP contribution in [-0.2, 0) is 0 Å². The summed E-state index contributed by atoms with van der Waals surface area (Å²) < 4.78 is 5.30. The van der Waals surface area contributed by atoms with Gasteiger partial charge in [0.2, 0.25) is 0 Å². The normalized spacial score (nSPS) is 9.44. The number of hydrogen-bond donors (Lipinski definition) is 2. The number of rotatable bonds is 5. The first-order valence-corrected chi connectivity index (χ1v) is 4.77. The Bertz CT molecular complexity index is 424. The van der Waals surface area contributed by atoms with E-state index in [-0.39, 0.29) is 11.3 Å². The molecule has 0 atom stereocenters. The van der Waals surface area contributed by atoms with E-state index in [0.29, 0.717) is 25.2 Å². The van der Waals surface area contributed by atoms with E-state index >= 15 is 0 Å². The molecule has 1 aromatic rings. The van der Waals surface area contributed by atoms with E-state index < -0.39 is 5.97 Å². The Kier molecular flexibility index (Phi) is 4.16. The minimum Gasteiger partial charge on any atom is -0.493 e. The number of nitrogens with zero attached hydrogens (tertiary/aromatic N) is 1. The van der Waals surface area contributed by atoms with Crippen LogP contribution in [0.2, 0.25) is 0 Å². The average molecular weight is 220 g/mol. The Labute approximate surface area is 93.1 Å². The molecular formula is C11H12N2O3. The molecule has 0 aliphatic rings. The monoisotopic (exact) mass is 220 g/mol. The molecule has 0 bridgehead atoms. The largest absolute Gasteiger partial charge is 0.493 e. The molecule has 0 saturated carbocycles. The maximum absolute atomic E-state index is 10.7. The molecule has 0 spiro atoms. The molecular weight excluding hydrogens is 208 g/mol. The molecule has 0 heterocycles. The molecule has 1 aromatic carbocycles. The van der Waals surface area contributed by atoms with Gasteiger partial charge in [0.15, 0.2) is 0 Å². The summed E-state index contributed by atoms with van der Waals surface area (Å²) in [5.74, 6) is -0.547. The summed E-state index contributed by atoms with van der Waals surface area (Å²) in [5.41, 5.74) is 5.77. The van der Waals surface area contributed by atoms with Gasteiger partial charge in [0.05, 0.1) is 18.2 Å². The Morgan fingerprint density at radius 2 is 2.31 bits per heavy atom. The number of carbonyl (C=O) groups is 1. The Morgan fingerprint density at radius 3 is 2.88 bits per heavy atom. The minimum absolute atomic E-state index is 0.0596. The van der Waals surface area contributed by atoms with Crippen LogP contribution in [0.4, 0.5) is 5.69 Å². The summed E-state index contributed by atoms with van der Waals surface area (Å²) in [7, 11) is 0. The van der Waals surface area contributed by atoms with E-state index in [4.69, 9.17) is 20.8 Å². The predicted molar refractivity (Wildman–Crippen MR) is 58.2 cm³/mol. The zero-order chi connectivity index (χ0) is 12.0. The minimum atomic E-state index is -1.06. The van der Waals surface area contributed by atoms with E-state index in [1.807, 2.05) is 6.07 Å². The average Bonchev–Trinajstić information content (AvgIpc) is 2.24. The fraction of sp³-hybridized carbons (Fsp3) is 0.273. The van der Waals surface area contributed by atoms with Crippen LogP contribution in [0, 0.1) is 11.3 Å². The first-order valence-electron chi connectivity index (χ1n) is 4.77. The van der Waals surface area contributed by atoms with Crippen LogP contribution >= 0.6 is 0 Å². The molecule has 0 fully saturated rings. The van der Waals surface area contributed by atoms with Crippen LogP contribution in [0.1, 0.15) is 23.2 Å². The zero-order valence-corrected chi connectivity index (χ0v) is 8.64. The number of carboxylic acids is 1. The van der Waals surface area contributed by atoms with Gasteiger partial charge in [0.25, 0.3) is 0 Å². The number of hydrogen-bond acceptors (Lipinski definition) is 4. The van der Waals surface area contributed by atoms with Gasteiger partial charge in [0, 0.05) is 18.2 Å². The van der Waals surface area contributed by atoms with Gasteiger partial charge in [0.1, 0.15) is 5.75 Å². The van der Waals surface area contributed by atoms with Crippen LogP contribution < -0.4 is 10.5 Å². The third-order valence-corrected chi connectivity index (χ3v) is 1.96. The Hall–Kier alpha value is -2.22. The van der Waals surface area contributed by atoms with E-state index in [0.717, 1.165) is 0 Å². The molecule has 0 amide bonds. The molecule has 5 nitrogen and oxygen atoms in total. The van der Waals surface area contributed by atoms with Gasteiger partial charge in [-0.2, -0.15) is 5.26 Å². The number of unbranched alkanes of at least 4 members (excludes halogenated alkanes) is 1. The molecule has 0 aliphatic carbocycles. The Morgan fingerprint density at radius 1 is 1.56 bits per heavy atom. The summed E-state index contributed by atoms with van der Waals surface area (Å²) in [4.78, 5) is 10.7. The highest BCUT2D eigenvalue weighted by Crippen LogP contribution is 2.20. The van der Waals surface area contributed by atoms with E-state index in [2.05, 4.69) is 0 Å². The lowest BCUT2D eigenvalue weighted by molar-refractivity contribution is 0.0698. The Balaban J connectivity index is 2.60. The van der Waals surface area contributed by atoms with E-state index in [1.54, 1.807) is 6.07 Å². The third-order valence-electron chi connectivity index (χ3n) is 1.96. The number of nitriles is 1. The first kappa shape index (κ1) is 11.9. The van der Waals surface area contributed by atoms with Gasteiger partial charge >= 0.3 is 5.97 Å². The third kappa shape index (κ3) is 3.17. The van der Waals surface area contributed by atoms with Crippen molar-refractivity contribution in [3.63, 3.8) is 0 Å². The number of anilines is 1. The summed E-state index contributed by atoms with van der Waals surface area (Å²) in [6, 6.07) is 6.42. The maximum Gasteiger partial charge on any atom is 0.337 e. The van der Waals surface area contributed by atoms with Crippen LogP contribution in [-0.4, -0.2) is 17.7 Å². The molecule has 0 radical (unpaired) electrons. The highest BCUT2D eigenvalue weighted by atomic mass is 16.5. The number of aromatic carboxylic acids is 1. The molecule has 1 rings (SSSR count). The summed E-state index contributed by atoms with van der Waals surface area (Å²) in [6.07, 6.45) is 1.07. The highest BCUT2D eigenvalue weighted by Gasteiger charge is 2.08. The standard InChI is InChI=1S/C11H12N2O3/c12-5-1-2-6-16-8-3-4-9(11(14)15)10(13)7-8/h3-4,7H,1-2,6,13H2,(H,14,15). The lowest BCUT2D eigenvalue weighted by Gasteiger charge is -2.07. The number of nitrogen functional groups attached to an aromatic ring is 1. The summed E-state index contributed by atoms with van der Waals surface area (Å²) in [5, 5.41) is 17.1. The molecule has 0 unspecified atom stereocenters. The summed E-state index contributed by atoms with van der Waals surface area (Å²) >= 11 is 0. The molecule has 0 saturated heterocycles. The van der Waals surface area contributed by atoms with Crippen molar-refractivity contribution in [3.8, 4) is 11.8 Å². The topological polar surface area (TPSA) is 96.3 Å². The molecule has 16 heavy (non-hydrogen) atoms. The molecule has 5 heteroatoms. The fourth-order valence-corrected chi connectivity index (χ4v) is 1.17. The van der Waals surface area contributed by atoms with Crippen molar-refractivity contribution in [1.29, 1.82) is 5.26 Å². The number of benzene rings is 1. The van der Waals surface area contributed by atoms with E-state index in [9.17, 15) is 4.79 Å². The van der Waals surface area contributed by atoms with Crippen molar-refractivity contribution < 1.29 is 14.6 Å². The lowest BCUT2D eigenvalue weighted by atomic mass is 10.2.